The average molecular weight is 434 g/mol. The van der Waals surface area contributed by atoms with Crippen LogP contribution in [0.3, 0.4) is 0 Å². The Morgan fingerprint density at radius 1 is 1.16 bits per heavy atom. The molecule has 0 aliphatic carbocycles. The van der Waals surface area contributed by atoms with Crippen molar-refractivity contribution in [3.63, 3.8) is 0 Å². The van der Waals surface area contributed by atoms with Crippen LogP contribution in [0.1, 0.15) is 53.5 Å². The fourth-order valence-corrected chi connectivity index (χ4v) is 3.71. The molecule has 0 bridgehead atoms. The molecular formula is C24H39N3O4. The van der Waals surface area contributed by atoms with Crippen LogP contribution in [0, 0.1) is 11.8 Å². The summed E-state index contributed by atoms with van der Waals surface area (Å²) in [7, 11) is 0. The van der Waals surface area contributed by atoms with E-state index in [1.807, 2.05) is 65.8 Å². The van der Waals surface area contributed by atoms with Crippen LogP contribution in [0.5, 0.6) is 0 Å². The van der Waals surface area contributed by atoms with Gasteiger partial charge in [0.05, 0.1) is 5.92 Å². The first-order valence-corrected chi connectivity index (χ1v) is 11.1. The predicted molar refractivity (Wildman–Crippen MR) is 123 cm³/mol. The molecule has 0 spiro atoms. The van der Waals surface area contributed by atoms with E-state index in [2.05, 4.69) is 5.32 Å². The summed E-state index contributed by atoms with van der Waals surface area (Å²) in [6.07, 6.45) is 0.972. The lowest BCUT2D eigenvalue weighted by atomic mass is 9.86. The van der Waals surface area contributed by atoms with Gasteiger partial charge in [-0.1, -0.05) is 12.1 Å². The van der Waals surface area contributed by atoms with Gasteiger partial charge >= 0.3 is 12.1 Å². The molecule has 1 saturated heterocycles. The average Bonchev–Trinajstić information content (AvgIpc) is 3.12. The number of carbonyl (C=O) groups is 2. The SMILES string of the molecule is CC(C)(C)OC(=O)[C@@H](Cc1cccc(NCCN)c1)[C@H]1CCN(C(=O)OC(C)(C)C)C1. The third-order valence-electron chi connectivity index (χ3n) is 5.01. The maximum absolute atomic E-state index is 13.1. The Morgan fingerprint density at radius 2 is 1.84 bits per heavy atom. The lowest BCUT2D eigenvalue weighted by Gasteiger charge is -2.28. The minimum atomic E-state index is -0.566. The Balaban J connectivity index is 2.16. The molecule has 1 amide bonds. The molecule has 1 aromatic carbocycles. The number of hydrogen-bond donors (Lipinski definition) is 2. The Morgan fingerprint density at radius 3 is 2.45 bits per heavy atom. The number of likely N-dealkylation sites (tertiary alicyclic amines) is 1. The van der Waals surface area contributed by atoms with Crippen molar-refractivity contribution < 1.29 is 19.1 Å². The highest BCUT2D eigenvalue weighted by Gasteiger charge is 2.39. The van der Waals surface area contributed by atoms with Gasteiger partial charge in [-0.05, 0) is 78.0 Å². The molecule has 2 rings (SSSR count). The van der Waals surface area contributed by atoms with E-state index in [9.17, 15) is 9.59 Å². The molecule has 3 N–H and O–H groups in total. The second-order valence-corrected chi connectivity index (χ2v) is 10.2. The van der Waals surface area contributed by atoms with Gasteiger partial charge < -0.3 is 25.4 Å². The number of nitrogens with one attached hydrogen (secondary N) is 1. The largest absolute Gasteiger partial charge is 0.460 e. The topological polar surface area (TPSA) is 93.9 Å². The van der Waals surface area contributed by atoms with Gasteiger partial charge in [0.1, 0.15) is 11.2 Å². The highest BCUT2D eigenvalue weighted by atomic mass is 16.6. The summed E-state index contributed by atoms with van der Waals surface area (Å²) in [5.74, 6) is -0.539. The first-order chi connectivity index (χ1) is 14.4. The molecule has 0 aromatic heterocycles. The van der Waals surface area contributed by atoms with Gasteiger partial charge in [-0.15, -0.1) is 0 Å². The monoisotopic (exact) mass is 433 g/mol. The Hall–Kier alpha value is -2.28. The van der Waals surface area contributed by atoms with Crippen LogP contribution in [0.15, 0.2) is 24.3 Å². The van der Waals surface area contributed by atoms with E-state index < -0.39 is 11.2 Å². The van der Waals surface area contributed by atoms with Gasteiger partial charge in [-0.25, -0.2) is 4.79 Å². The van der Waals surface area contributed by atoms with Gasteiger partial charge in [0.2, 0.25) is 0 Å². The molecule has 174 valence electrons. The predicted octanol–water partition coefficient (Wildman–Crippen LogP) is 3.81. The highest BCUT2D eigenvalue weighted by Crippen LogP contribution is 2.31. The van der Waals surface area contributed by atoms with Crippen LogP contribution in [0.2, 0.25) is 0 Å². The molecule has 1 aromatic rings. The third-order valence-corrected chi connectivity index (χ3v) is 5.01. The zero-order chi connectivity index (χ0) is 23.2. The number of nitrogens with two attached hydrogens (primary N) is 1. The first kappa shape index (κ1) is 25.0. The minimum Gasteiger partial charge on any atom is -0.460 e. The van der Waals surface area contributed by atoms with Crippen molar-refractivity contribution in [3.05, 3.63) is 29.8 Å². The molecule has 31 heavy (non-hydrogen) atoms. The number of carbonyl (C=O) groups excluding carboxylic acids is 2. The molecule has 7 heteroatoms. The number of anilines is 1. The Bertz CT molecular complexity index is 752. The number of ether oxygens (including phenoxy) is 2. The van der Waals surface area contributed by atoms with E-state index in [-0.39, 0.29) is 23.9 Å². The molecule has 0 radical (unpaired) electrons. The number of hydrogen-bond acceptors (Lipinski definition) is 6. The van der Waals surface area contributed by atoms with E-state index in [1.165, 1.54) is 0 Å². The first-order valence-electron chi connectivity index (χ1n) is 11.1. The molecule has 2 atom stereocenters. The molecule has 0 unspecified atom stereocenters. The molecule has 1 heterocycles. The maximum Gasteiger partial charge on any atom is 0.410 e. The van der Waals surface area contributed by atoms with Gasteiger partial charge in [-0.2, -0.15) is 0 Å². The summed E-state index contributed by atoms with van der Waals surface area (Å²) in [5, 5.41) is 3.28. The number of nitrogens with zero attached hydrogens (tertiary/aromatic N) is 1. The van der Waals surface area contributed by atoms with Crippen molar-refractivity contribution >= 4 is 17.7 Å². The van der Waals surface area contributed by atoms with Crippen LogP contribution < -0.4 is 11.1 Å². The molecular weight excluding hydrogens is 394 g/mol. The van der Waals surface area contributed by atoms with Crippen molar-refractivity contribution in [2.24, 2.45) is 17.6 Å². The zero-order valence-electron chi connectivity index (χ0n) is 19.9. The number of esters is 1. The summed E-state index contributed by atoms with van der Waals surface area (Å²) in [6, 6.07) is 8.03. The van der Waals surface area contributed by atoms with Crippen molar-refractivity contribution in [3.8, 4) is 0 Å². The number of amides is 1. The minimum absolute atomic E-state index is 0.0167. The summed E-state index contributed by atoms with van der Waals surface area (Å²) in [6.45, 7) is 13.5. The van der Waals surface area contributed by atoms with E-state index in [4.69, 9.17) is 15.2 Å². The van der Waals surface area contributed by atoms with Gasteiger partial charge in [-0.3, -0.25) is 4.79 Å². The Kier molecular flexibility index (Phi) is 8.34. The van der Waals surface area contributed by atoms with E-state index in [0.29, 0.717) is 32.6 Å². The highest BCUT2D eigenvalue weighted by molar-refractivity contribution is 5.74. The van der Waals surface area contributed by atoms with Crippen LogP contribution in [0.4, 0.5) is 10.5 Å². The fourth-order valence-electron chi connectivity index (χ4n) is 3.71. The maximum atomic E-state index is 13.1. The quantitative estimate of drug-likeness (QED) is 0.635. The normalized spacial score (nSPS) is 17.9. The standard InChI is InChI=1S/C24H39N3O4/c1-23(2,3)30-21(28)20(15-17-8-7-9-19(14-17)26-12-11-25)18-10-13-27(16-18)22(29)31-24(4,5)6/h7-9,14,18,20,26H,10-13,15-16,25H2,1-6H3/t18-,20-/m0/s1. The van der Waals surface area contributed by atoms with Crippen LogP contribution in [-0.4, -0.2) is 54.3 Å². The second-order valence-electron chi connectivity index (χ2n) is 10.2. The van der Waals surface area contributed by atoms with Crippen LogP contribution >= 0.6 is 0 Å². The lowest BCUT2D eigenvalue weighted by molar-refractivity contribution is -0.161. The van der Waals surface area contributed by atoms with Crippen molar-refractivity contribution in [2.75, 3.05) is 31.5 Å². The van der Waals surface area contributed by atoms with E-state index in [0.717, 1.165) is 17.7 Å². The van der Waals surface area contributed by atoms with E-state index in [1.54, 1.807) is 4.90 Å². The molecule has 1 fully saturated rings. The van der Waals surface area contributed by atoms with Gasteiger partial charge in [0.25, 0.3) is 0 Å². The molecule has 1 aliphatic rings. The van der Waals surface area contributed by atoms with Crippen molar-refractivity contribution in [1.29, 1.82) is 0 Å². The van der Waals surface area contributed by atoms with E-state index >= 15 is 0 Å². The number of rotatable bonds is 7. The Labute approximate surface area is 186 Å². The number of benzene rings is 1. The zero-order valence-corrected chi connectivity index (χ0v) is 19.9. The fraction of sp³-hybridized carbons (Fsp3) is 0.667. The molecule has 7 nitrogen and oxygen atoms in total. The summed E-state index contributed by atoms with van der Waals surface area (Å²) in [5.41, 5.74) is 6.50. The van der Waals surface area contributed by atoms with Crippen LogP contribution in [-0.2, 0) is 20.7 Å². The van der Waals surface area contributed by atoms with Crippen molar-refractivity contribution in [1.82, 2.24) is 4.90 Å². The van der Waals surface area contributed by atoms with Gasteiger partial charge in [0.15, 0.2) is 0 Å². The lowest BCUT2D eigenvalue weighted by Crippen LogP contribution is -2.38. The summed E-state index contributed by atoms with van der Waals surface area (Å²) in [4.78, 5) is 27.3. The van der Waals surface area contributed by atoms with Crippen LogP contribution in [0.25, 0.3) is 0 Å². The molecule has 1 aliphatic heterocycles. The van der Waals surface area contributed by atoms with Crippen molar-refractivity contribution in [2.45, 2.75) is 65.6 Å². The smallest absolute Gasteiger partial charge is 0.410 e. The summed E-state index contributed by atoms with van der Waals surface area (Å²) >= 11 is 0. The molecule has 0 saturated carbocycles. The summed E-state index contributed by atoms with van der Waals surface area (Å²) < 4.78 is 11.3. The third kappa shape index (κ3) is 8.40. The van der Waals surface area contributed by atoms with Gasteiger partial charge in [0, 0.05) is 31.9 Å². The second kappa shape index (κ2) is 10.4.